The number of benzene rings is 1. The van der Waals surface area contributed by atoms with Gasteiger partial charge in [-0.25, -0.2) is 14.3 Å². The first-order chi connectivity index (χ1) is 9.51. The van der Waals surface area contributed by atoms with Gasteiger partial charge in [-0.05, 0) is 19.1 Å². The molecule has 0 amide bonds. The molecule has 20 heavy (non-hydrogen) atoms. The summed E-state index contributed by atoms with van der Waals surface area (Å²) >= 11 is 0. The minimum atomic E-state index is -0.585. The van der Waals surface area contributed by atoms with Crippen molar-refractivity contribution in [2.45, 2.75) is 6.92 Å². The van der Waals surface area contributed by atoms with Gasteiger partial charge in [-0.3, -0.25) is 0 Å². The summed E-state index contributed by atoms with van der Waals surface area (Å²) < 4.78 is 11.1. The van der Waals surface area contributed by atoms with Crippen molar-refractivity contribution in [3.05, 3.63) is 47.2 Å². The maximum Gasteiger partial charge on any atom is 0.358 e. The van der Waals surface area contributed by atoms with Crippen LogP contribution in [0.25, 0.3) is 0 Å². The lowest BCUT2D eigenvalue weighted by Gasteiger charge is -2.04. The van der Waals surface area contributed by atoms with E-state index in [1.54, 1.807) is 25.2 Å². The van der Waals surface area contributed by atoms with Crippen LogP contribution in [0.3, 0.4) is 0 Å². The molecule has 1 aromatic heterocycles. The van der Waals surface area contributed by atoms with Crippen molar-refractivity contribution in [1.29, 1.82) is 0 Å². The predicted octanol–water partition coefficient (Wildman–Crippen LogP) is 1.73. The minimum Gasteiger partial charge on any atom is -0.464 e. The minimum absolute atomic E-state index is 0.0852. The van der Waals surface area contributed by atoms with Crippen LogP contribution in [0.15, 0.2) is 30.3 Å². The number of rotatable bonds is 3. The van der Waals surface area contributed by atoms with E-state index >= 15 is 0 Å². The molecule has 0 saturated carbocycles. The first kappa shape index (κ1) is 13.8. The molecule has 0 fully saturated rings. The SMILES string of the molecule is COC(=O)c1cc(OC(=O)c2cccc(C)c2)n(C)n1. The summed E-state index contributed by atoms with van der Waals surface area (Å²) in [6, 6.07) is 8.40. The third-order valence-corrected chi connectivity index (χ3v) is 2.68. The molecule has 0 saturated heterocycles. The Labute approximate surface area is 115 Å². The Kier molecular flexibility index (Phi) is 3.84. The van der Waals surface area contributed by atoms with E-state index in [0.29, 0.717) is 5.56 Å². The van der Waals surface area contributed by atoms with Gasteiger partial charge in [-0.2, -0.15) is 5.10 Å². The quantitative estimate of drug-likeness (QED) is 0.797. The molecule has 1 heterocycles. The summed E-state index contributed by atoms with van der Waals surface area (Å²) in [5.41, 5.74) is 1.48. The lowest BCUT2D eigenvalue weighted by Crippen LogP contribution is -2.11. The summed E-state index contributed by atoms with van der Waals surface area (Å²) in [5, 5.41) is 3.91. The molecule has 0 aliphatic rings. The van der Waals surface area contributed by atoms with Crippen LogP contribution < -0.4 is 4.74 Å². The third-order valence-electron chi connectivity index (χ3n) is 2.68. The first-order valence-electron chi connectivity index (χ1n) is 5.92. The summed E-state index contributed by atoms with van der Waals surface area (Å²) in [6.07, 6.45) is 0. The molecule has 0 spiro atoms. The molecule has 2 rings (SSSR count). The van der Waals surface area contributed by atoms with E-state index in [0.717, 1.165) is 5.56 Å². The molecule has 1 aromatic carbocycles. The molecule has 6 heteroatoms. The molecule has 0 N–H and O–H groups in total. The van der Waals surface area contributed by atoms with Crippen molar-refractivity contribution in [2.75, 3.05) is 7.11 Å². The van der Waals surface area contributed by atoms with Crippen molar-refractivity contribution in [3.8, 4) is 5.88 Å². The van der Waals surface area contributed by atoms with Crippen molar-refractivity contribution < 1.29 is 19.1 Å². The van der Waals surface area contributed by atoms with Crippen LogP contribution in [0, 0.1) is 6.92 Å². The zero-order valence-corrected chi connectivity index (χ0v) is 11.4. The third kappa shape index (κ3) is 2.85. The number of hydrogen-bond donors (Lipinski definition) is 0. The lowest BCUT2D eigenvalue weighted by atomic mass is 10.1. The number of nitrogens with zero attached hydrogens (tertiary/aromatic N) is 2. The number of aromatic nitrogens is 2. The number of methoxy groups -OCH3 is 1. The molecule has 0 bridgehead atoms. The van der Waals surface area contributed by atoms with Crippen molar-refractivity contribution in [1.82, 2.24) is 9.78 Å². The molecule has 6 nitrogen and oxygen atoms in total. The van der Waals surface area contributed by atoms with Crippen LogP contribution in [-0.4, -0.2) is 28.8 Å². The van der Waals surface area contributed by atoms with Crippen molar-refractivity contribution >= 4 is 11.9 Å². The normalized spacial score (nSPS) is 10.2. The van der Waals surface area contributed by atoms with E-state index in [2.05, 4.69) is 9.84 Å². The second-order valence-corrected chi connectivity index (χ2v) is 4.24. The second-order valence-electron chi connectivity index (χ2n) is 4.24. The number of hydrogen-bond acceptors (Lipinski definition) is 5. The monoisotopic (exact) mass is 274 g/mol. The maximum atomic E-state index is 12.0. The van der Waals surface area contributed by atoms with Crippen molar-refractivity contribution in [3.63, 3.8) is 0 Å². The average molecular weight is 274 g/mol. The standard InChI is InChI=1S/C14H14N2O4/c1-9-5-4-6-10(7-9)13(17)20-12-8-11(14(18)19-3)15-16(12)2/h4-8H,1-3H3. The molecule has 0 radical (unpaired) electrons. The molecule has 0 aliphatic heterocycles. The largest absolute Gasteiger partial charge is 0.464 e. The van der Waals surface area contributed by atoms with E-state index in [1.165, 1.54) is 17.9 Å². The van der Waals surface area contributed by atoms with Gasteiger partial charge in [0.15, 0.2) is 5.69 Å². The summed E-state index contributed by atoms with van der Waals surface area (Å²) in [6.45, 7) is 1.89. The van der Waals surface area contributed by atoms with Crippen LogP contribution in [0.5, 0.6) is 5.88 Å². The fourth-order valence-electron chi connectivity index (χ4n) is 1.68. The molecular formula is C14H14N2O4. The Morgan fingerprint density at radius 3 is 2.60 bits per heavy atom. The average Bonchev–Trinajstić information content (AvgIpc) is 2.79. The van der Waals surface area contributed by atoms with Gasteiger partial charge in [0.25, 0.3) is 0 Å². The van der Waals surface area contributed by atoms with Gasteiger partial charge in [-0.1, -0.05) is 17.7 Å². The van der Waals surface area contributed by atoms with Gasteiger partial charge in [0, 0.05) is 13.1 Å². The highest BCUT2D eigenvalue weighted by Gasteiger charge is 2.17. The summed E-state index contributed by atoms with van der Waals surface area (Å²) in [7, 11) is 2.83. The second kappa shape index (κ2) is 5.56. The lowest BCUT2D eigenvalue weighted by molar-refractivity contribution is 0.0592. The number of carbonyl (C=O) groups is 2. The predicted molar refractivity (Wildman–Crippen MR) is 70.7 cm³/mol. The van der Waals surface area contributed by atoms with E-state index in [-0.39, 0.29) is 11.6 Å². The highest BCUT2D eigenvalue weighted by Crippen LogP contribution is 2.15. The zero-order valence-electron chi connectivity index (χ0n) is 11.4. The highest BCUT2D eigenvalue weighted by atomic mass is 16.5. The first-order valence-corrected chi connectivity index (χ1v) is 5.92. The number of ether oxygens (including phenoxy) is 2. The number of carbonyl (C=O) groups excluding carboxylic acids is 2. The molecular weight excluding hydrogens is 260 g/mol. The zero-order chi connectivity index (χ0) is 14.7. The number of esters is 2. The molecule has 104 valence electrons. The van der Waals surface area contributed by atoms with Crippen molar-refractivity contribution in [2.24, 2.45) is 7.05 Å². The molecule has 2 aromatic rings. The highest BCUT2D eigenvalue weighted by molar-refractivity contribution is 5.92. The Bertz CT molecular complexity index is 661. The van der Waals surface area contributed by atoms with Crippen LogP contribution in [0.1, 0.15) is 26.4 Å². The van der Waals surface area contributed by atoms with Crippen LogP contribution in [0.4, 0.5) is 0 Å². The van der Waals surface area contributed by atoms with E-state index in [9.17, 15) is 9.59 Å². The molecule has 0 aliphatic carbocycles. The molecule has 0 unspecified atom stereocenters. The van der Waals surface area contributed by atoms with Gasteiger partial charge in [-0.15, -0.1) is 0 Å². The Hall–Kier alpha value is -2.63. The van der Waals surface area contributed by atoms with E-state index in [1.807, 2.05) is 13.0 Å². The Balaban J connectivity index is 2.20. The van der Waals surface area contributed by atoms with Crippen LogP contribution >= 0.6 is 0 Å². The smallest absolute Gasteiger partial charge is 0.358 e. The fraction of sp³-hybridized carbons (Fsp3) is 0.214. The Morgan fingerprint density at radius 2 is 1.95 bits per heavy atom. The van der Waals surface area contributed by atoms with Gasteiger partial charge >= 0.3 is 11.9 Å². The van der Waals surface area contributed by atoms with Crippen LogP contribution in [-0.2, 0) is 11.8 Å². The summed E-state index contributed by atoms with van der Waals surface area (Å²) in [4.78, 5) is 23.3. The van der Waals surface area contributed by atoms with Gasteiger partial charge < -0.3 is 9.47 Å². The topological polar surface area (TPSA) is 70.4 Å². The van der Waals surface area contributed by atoms with E-state index in [4.69, 9.17) is 4.74 Å². The van der Waals surface area contributed by atoms with Gasteiger partial charge in [0.1, 0.15) is 0 Å². The number of aryl methyl sites for hydroxylation is 2. The summed E-state index contributed by atoms with van der Waals surface area (Å²) in [5.74, 6) is -0.913. The van der Waals surface area contributed by atoms with Gasteiger partial charge in [0.05, 0.1) is 12.7 Å². The molecule has 0 atom stereocenters. The Morgan fingerprint density at radius 1 is 1.20 bits per heavy atom. The fourth-order valence-corrected chi connectivity index (χ4v) is 1.68. The van der Waals surface area contributed by atoms with E-state index < -0.39 is 11.9 Å². The van der Waals surface area contributed by atoms with Crippen LogP contribution in [0.2, 0.25) is 0 Å². The maximum absolute atomic E-state index is 12.0. The van der Waals surface area contributed by atoms with Gasteiger partial charge in [0.2, 0.25) is 5.88 Å².